The van der Waals surface area contributed by atoms with Crippen molar-refractivity contribution >= 4 is 35.0 Å². The molecule has 0 bridgehead atoms. The number of anilines is 1. The Kier molecular flexibility index (Phi) is 5.98. The molecule has 0 fully saturated rings. The second-order valence-electron chi connectivity index (χ2n) is 4.36. The van der Waals surface area contributed by atoms with E-state index in [1.807, 2.05) is 30.5 Å². The molecule has 0 aromatic heterocycles. The lowest BCUT2D eigenvalue weighted by Gasteiger charge is -2.11. The smallest absolute Gasteiger partial charge is 0.262 e. The van der Waals surface area contributed by atoms with Crippen LogP contribution in [0.15, 0.2) is 47.4 Å². The molecule has 0 saturated carbocycles. The van der Waals surface area contributed by atoms with Crippen LogP contribution >= 0.6 is 23.4 Å². The average Bonchev–Trinajstić information content (AvgIpc) is 2.53. The summed E-state index contributed by atoms with van der Waals surface area (Å²) in [4.78, 5) is 13.1. The summed E-state index contributed by atoms with van der Waals surface area (Å²) in [6.45, 7) is -0.0890. The monoisotopic (exact) mass is 337 g/mol. The van der Waals surface area contributed by atoms with Gasteiger partial charge in [0.05, 0.1) is 12.8 Å². The van der Waals surface area contributed by atoms with Crippen LogP contribution < -0.4 is 14.8 Å². The Morgan fingerprint density at radius 3 is 2.59 bits per heavy atom. The number of methoxy groups -OCH3 is 1. The van der Waals surface area contributed by atoms with Crippen molar-refractivity contribution in [2.75, 3.05) is 25.3 Å². The van der Waals surface area contributed by atoms with Crippen molar-refractivity contribution in [3.63, 3.8) is 0 Å². The standard InChI is InChI=1S/C16H16ClNO3S/c1-20-15-8-3-11(17)9-14(15)18-16(19)10-21-12-4-6-13(22-2)7-5-12/h3-9H,10H2,1-2H3,(H,18,19). The number of rotatable bonds is 6. The van der Waals surface area contributed by atoms with Crippen molar-refractivity contribution in [3.8, 4) is 11.5 Å². The molecule has 4 nitrogen and oxygen atoms in total. The van der Waals surface area contributed by atoms with Crippen molar-refractivity contribution in [1.82, 2.24) is 0 Å². The molecule has 0 radical (unpaired) electrons. The highest BCUT2D eigenvalue weighted by Gasteiger charge is 2.09. The number of hydrogen-bond donors (Lipinski definition) is 1. The molecule has 116 valence electrons. The fraction of sp³-hybridized carbons (Fsp3) is 0.188. The van der Waals surface area contributed by atoms with Gasteiger partial charge in [-0.2, -0.15) is 0 Å². The van der Waals surface area contributed by atoms with Gasteiger partial charge in [-0.25, -0.2) is 0 Å². The van der Waals surface area contributed by atoms with Gasteiger partial charge in [-0.1, -0.05) is 11.6 Å². The highest BCUT2D eigenvalue weighted by atomic mass is 35.5. The summed E-state index contributed by atoms with van der Waals surface area (Å²) < 4.78 is 10.6. The van der Waals surface area contributed by atoms with Gasteiger partial charge in [0.15, 0.2) is 6.61 Å². The Hall–Kier alpha value is -1.85. The van der Waals surface area contributed by atoms with Crippen LogP contribution in [0.1, 0.15) is 0 Å². The SMILES string of the molecule is COc1ccc(Cl)cc1NC(=O)COc1ccc(SC)cc1. The minimum Gasteiger partial charge on any atom is -0.495 e. The molecule has 6 heteroatoms. The molecule has 1 N–H and O–H groups in total. The van der Waals surface area contributed by atoms with Crippen LogP contribution in [0, 0.1) is 0 Å². The van der Waals surface area contributed by atoms with Gasteiger partial charge in [0.2, 0.25) is 0 Å². The molecule has 2 rings (SSSR count). The van der Waals surface area contributed by atoms with Crippen LogP contribution in [0.25, 0.3) is 0 Å². The molecule has 0 saturated heterocycles. The number of hydrogen-bond acceptors (Lipinski definition) is 4. The van der Waals surface area contributed by atoms with Gasteiger partial charge in [0.1, 0.15) is 11.5 Å². The third-order valence-corrected chi connectivity index (χ3v) is 3.84. The Labute approximate surface area is 138 Å². The summed E-state index contributed by atoms with van der Waals surface area (Å²) in [5.74, 6) is 0.905. The van der Waals surface area contributed by atoms with E-state index in [0.717, 1.165) is 4.90 Å². The van der Waals surface area contributed by atoms with Gasteiger partial charge in [-0.3, -0.25) is 4.79 Å². The van der Waals surface area contributed by atoms with Crippen LogP contribution in [0.4, 0.5) is 5.69 Å². The largest absolute Gasteiger partial charge is 0.495 e. The molecular formula is C16H16ClNO3S. The first-order valence-corrected chi connectivity index (χ1v) is 8.13. The van der Waals surface area contributed by atoms with Crippen LogP contribution in [-0.4, -0.2) is 25.9 Å². The Morgan fingerprint density at radius 2 is 1.95 bits per heavy atom. The second-order valence-corrected chi connectivity index (χ2v) is 5.67. The van der Waals surface area contributed by atoms with E-state index < -0.39 is 0 Å². The minimum absolute atomic E-state index is 0.0890. The Balaban J connectivity index is 1.94. The first-order valence-electron chi connectivity index (χ1n) is 6.52. The fourth-order valence-electron chi connectivity index (χ4n) is 1.79. The third-order valence-electron chi connectivity index (χ3n) is 2.86. The van der Waals surface area contributed by atoms with Crippen molar-refractivity contribution < 1.29 is 14.3 Å². The zero-order chi connectivity index (χ0) is 15.9. The van der Waals surface area contributed by atoms with E-state index in [1.54, 1.807) is 30.0 Å². The van der Waals surface area contributed by atoms with Crippen molar-refractivity contribution in [3.05, 3.63) is 47.5 Å². The molecule has 0 heterocycles. The molecular weight excluding hydrogens is 322 g/mol. The van der Waals surface area contributed by atoms with E-state index in [2.05, 4.69) is 5.32 Å². The van der Waals surface area contributed by atoms with E-state index >= 15 is 0 Å². The average molecular weight is 338 g/mol. The van der Waals surface area contributed by atoms with Crippen LogP contribution in [0.2, 0.25) is 5.02 Å². The van der Waals surface area contributed by atoms with Gasteiger partial charge in [0, 0.05) is 9.92 Å². The predicted octanol–water partition coefficient (Wildman–Crippen LogP) is 4.09. The number of ether oxygens (including phenoxy) is 2. The molecule has 2 aromatic carbocycles. The predicted molar refractivity (Wildman–Crippen MR) is 90.4 cm³/mol. The van der Waals surface area contributed by atoms with Crippen molar-refractivity contribution in [1.29, 1.82) is 0 Å². The zero-order valence-electron chi connectivity index (χ0n) is 12.3. The highest BCUT2D eigenvalue weighted by molar-refractivity contribution is 7.98. The molecule has 0 aliphatic heterocycles. The first-order chi connectivity index (χ1) is 10.6. The van der Waals surface area contributed by atoms with E-state index in [4.69, 9.17) is 21.1 Å². The van der Waals surface area contributed by atoms with E-state index in [1.165, 1.54) is 7.11 Å². The number of nitrogens with one attached hydrogen (secondary N) is 1. The maximum Gasteiger partial charge on any atom is 0.262 e. The lowest BCUT2D eigenvalue weighted by Crippen LogP contribution is -2.20. The summed E-state index contributed by atoms with van der Waals surface area (Å²) in [5, 5.41) is 3.24. The van der Waals surface area contributed by atoms with Crippen molar-refractivity contribution in [2.45, 2.75) is 4.90 Å². The lowest BCUT2D eigenvalue weighted by atomic mass is 10.3. The normalized spacial score (nSPS) is 10.1. The minimum atomic E-state index is -0.283. The van der Waals surface area contributed by atoms with E-state index in [9.17, 15) is 4.79 Å². The summed E-state index contributed by atoms with van der Waals surface area (Å²) >= 11 is 7.57. The molecule has 0 aliphatic rings. The van der Waals surface area contributed by atoms with E-state index in [-0.39, 0.29) is 12.5 Å². The molecule has 22 heavy (non-hydrogen) atoms. The van der Waals surface area contributed by atoms with Crippen LogP contribution in [0.5, 0.6) is 11.5 Å². The summed E-state index contributed by atoms with van der Waals surface area (Å²) in [5.41, 5.74) is 0.515. The van der Waals surface area contributed by atoms with E-state index in [0.29, 0.717) is 22.2 Å². The summed E-state index contributed by atoms with van der Waals surface area (Å²) in [6.07, 6.45) is 2.00. The number of halogens is 1. The summed E-state index contributed by atoms with van der Waals surface area (Å²) in [7, 11) is 1.53. The second kappa shape index (κ2) is 7.96. The third kappa shape index (κ3) is 4.58. The number of carbonyl (C=O) groups is 1. The molecule has 1 amide bonds. The Bertz CT molecular complexity index is 646. The number of amides is 1. The highest BCUT2D eigenvalue weighted by Crippen LogP contribution is 2.27. The number of thioether (sulfide) groups is 1. The summed E-state index contributed by atoms with van der Waals surface area (Å²) in [6, 6.07) is 12.6. The molecule has 0 unspecified atom stereocenters. The number of carbonyl (C=O) groups excluding carboxylic acids is 1. The molecule has 2 aromatic rings. The maximum absolute atomic E-state index is 11.9. The van der Waals surface area contributed by atoms with Crippen LogP contribution in [0.3, 0.4) is 0 Å². The zero-order valence-corrected chi connectivity index (χ0v) is 13.8. The van der Waals surface area contributed by atoms with Gasteiger partial charge >= 0.3 is 0 Å². The Morgan fingerprint density at radius 1 is 1.23 bits per heavy atom. The molecule has 0 atom stereocenters. The van der Waals surface area contributed by atoms with Gasteiger partial charge in [-0.15, -0.1) is 11.8 Å². The number of benzene rings is 2. The van der Waals surface area contributed by atoms with Crippen molar-refractivity contribution in [2.24, 2.45) is 0 Å². The van der Waals surface area contributed by atoms with Gasteiger partial charge in [-0.05, 0) is 48.7 Å². The lowest BCUT2D eigenvalue weighted by molar-refractivity contribution is -0.118. The fourth-order valence-corrected chi connectivity index (χ4v) is 2.37. The first kappa shape index (κ1) is 16.5. The van der Waals surface area contributed by atoms with Gasteiger partial charge in [0.25, 0.3) is 5.91 Å². The topological polar surface area (TPSA) is 47.6 Å². The maximum atomic E-state index is 11.9. The quantitative estimate of drug-likeness (QED) is 0.806. The molecule has 0 spiro atoms. The van der Waals surface area contributed by atoms with Crippen LogP contribution in [-0.2, 0) is 4.79 Å². The van der Waals surface area contributed by atoms with Gasteiger partial charge < -0.3 is 14.8 Å². The molecule has 0 aliphatic carbocycles.